The van der Waals surface area contributed by atoms with Crippen molar-refractivity contribution in [3.63, 3.8) is 0 Å². The molecule has 0 saturated carbocycles. The van der Waals surface area contributed by atoms with E-state index in [0.29, 0.717) is 23.3 Å². The zero-order chi connectivity index (χ0) is 19.6. The number of hydrogen-bond donors (Lipinski definition) is 1. The average molecular weight is 411 g/mol. The number of ether oxygens (including phenoxy) is 1. The molecule has 10 heteroatoms. The summed E-state index contributed by atoms with van der Waals surface area (Å²) in [5.74, 6) is -0.734. The van der Waals surface area contributed by atoms with Crippen LogP contribution < -0.4 is 5.32 Å². The summed E-state index contributed by atoms with van der Waals surface area (Å²) in [5.41, 5.74) is 0.816. The summed E-state index contributed by atoms with van der Waals surface area (Å²) < 4.78 is 4.95. The first-order valence-corrected chi connectivity index (χ1v) is 9.72. The van der Waals surface area contributed by atoms with Crippen LogP contribution in [-0.2, 0) is 20.9 Å². The Bertz CT molecular complexity index is 803. The van der Waals surface area contributed by atoms with Crippen LogP contribution in [0.15, 0.2) is 29.3 Å². The van der Waals surface area contributed by atoms with Crippen LogP contribution in [0, 0.1) is 0 Å². The van der Waals surface area contributed by atoms with Crippen LogP contribution in [0.4, 0.5) is 4.79 Å². The minimum Gasteiger partial charge on any atom is -0.465 e. The molecular weight excluding hydrogens is 392 g/mol. The van der Waals surface area contributed by atoms with Gasteiger partial charge in [0.05, 0.1) is 12.4 Å². The number of carbonyl (C=O) groups excluding carboxylic acids is 3. The van der Waals surface area contributed by atoms with Gasteiger partial charge < -0.3 is 14.5 Å². The van der Waals surface area contributed by atoms with Gasteiger partial charge in [-0.2, -0.15) is 0 Å². The van der Waals surface area contributed by atoms with Crippen LogP contribution in [0.25, 0.3) is 0 Å². The van der Waals surface area contributed by atoms with Gasteiger partial charge in [0.1, 0.15) is 0 Å². The molecule has 3 rings (SSSR count). The van der Waals surface area contributed by atoms with Crippen molar-refractivity contribution in [3.8, 4) is 0 Å². The number of urea groups is 1. The molecule has 1 aromatic rings. The fraction of sp³-hybridized carbons (Fsp3) is 0.412. The lowest BCUT2D eigenvalue weighted by atomic mass is 10.1. The van der Waals surface area contributed by atoms with E-state index in [1.807, 2.05) is 18.2 Å². The van der Waals surface area contributed by atoms with Crippen molar-refractivity contribution < 1.29 is 19.1 Å². The predicted octanol–water partition coefficient (Wildman–Crippen LogP) is 1.68. The van der Waals surface area contributed by atoms with Crippen molar-refractivity contribution in [1.29, 1.82) is 0 Å². The minimum absolute atomic E-state index is 0.0599. The van der Waals surface area contributed by atoms with Gasteiger partial charge in [-0.05, 0) is 18.6 Å². The number of likely N-dealkylation sites (N-methyl/N-ethyl adjacent to an activating group) is 1. The van der Waals surface area contributed by atoms with Crippen molar-refractivity contribution >= 4 is 46.4 Å². The lowest BCUT2D eigenvalue weighted by molar-refractivity contribution is -0.139. The first kappa shape index (κ1) is 19.5. The summed E-state index contributed by atoms with van der Waals surface area (Å²) in [6.07, 6.45) is -0.654. The zero-order valence-electron chi connectivity index (χ0n) is 14.8. The van der Waals surface area contributed by atoms with Crippen molar-refractivity contribution in [3.05, 3.63) is 34.9 Å². The van der Waals surface area contributed by atoms with E-state index >= 15 is 0 Å². The Kier molecular flexibility index (Phi) is 5.91. The number of fused-ring (bicyclic) bond motifs is 1. The van der Waals surface area contributed by atoms with Crippen molar-refractivity contribution in [2.75, 3.05) is 19.4 Å². The number of hydrogen-bond acceptors (Lipinski definition) is 7. The SMILES string of the molecule is CCOC(=O)CSC1=NC2C(C(=O)NC(=O)N2C)N1Cc1ccccc1Cl. The Morgan fingerprint density at radius 1 is 1.37 bits per heavy atom. The Balaban J connectivity index is 1.87. The molecule has 3 amide bonds. The summed E-state index contributed by atoms with van der Waals surface area (Å²) in [6, 6.07) is 6.12. The molecule has 2 aliphatic rings. The van der Waals surface area contributed by atoms with Gasteiger partial charge in [0.25, 0.3) is 5.91 Å². The molecule has 2 heterocycles. The molecule has 1 aromatic carbocycles. The van der Waals surface area contributed by atoms with Gasteiger partial charge in [-0.3, -0.25) is 14.9 Å². The number of nitrogens with one attached hydrogen (secondary N) is 1. The highest BCUT2D eigenvalue weighted by Gasteiger charge is 2.48. The number of amidine groups is 1. The van der Waals surface area contributed by atoms with E-state index in [4.69, 9.17) is 16.3 Å². The van der Waals surface area contributed by atoms with Crippen LogP contribution in [0.5, 0.6) is 0 Å². The largest absolute Gasteiger partial charge is 0.465 e. The molecule has 0 radical (unpaired) electrons. The summed E-state index contributed by atoms with van der Waals surface area (Å²) in [5, 5.41) is 3.40. The van der Waals surface area contributed by atoms with Gasteiger partial charge in [0, 0.05) is 18.6 Å². The number of aliphatic imine (C=N–C) groups is 1. The van der Waals surface area contributed by atoms with E-state index in [1.165, 1.54) is 16.7 Å². The van der Waals surface area contributed by atoms with Crippen LogP contribution in [0.3, 0.4) is 0 Å². The lowest BCUT2D eigenvalue weighted by Crippen LogP contribution is -2.63. The molecule has 8 nitrogen and oxygen atoms in total. The second kappa shape index (κ2) is 8.18. The van der Waals surface area contributed by atoms with Crippen molar-refractivity contribution in [2.24, 2.45) is 4.99 Å². The fourth-order valence-electron chi connectivity index (χ4n) is 2.92. The zero-order valence-corrected chi connectivity index (χ0v) is 16.4. The molecule has 0 aliphatic carbocycles. The highest BCUT2D eigenvalue weighted by atomic mass is 35.5. The van der Waals surface area contributed by atoms with Crippen LogP contribution >= 0.6 is 23.4 Å². The number of nitrogens with zero attached hydrogens (tertiary/aromatic N) is 3. The molecule has 0 spiro atoms. The van der Waals surface area contributed by atoms with Crippen LogP contribution in [0.1, 0.15) is 12.5 Å². The molecule has 2 atom stereocenters. The number of amides is 3. The van der Waals surface area contributed by atoms with E-state index in [1.54, 1.807) is 24.9 Å². The van der Waals surface area contributed by atoms with E-state index in [0.717, 1.165) is 5.56 Å². The van der Waals surface area contributed by atoms with Gasteiger partial charge >= 0.3 is 12.0 Å². The number of benzene rings is 1. The average Bonchev–Trinajstić information content (AvgIpc) is 2.99. The molecule has 0 aromatic heterocycles. The number of esters is 1. The summed E-state index contributed by atoms with van der Waals surface area (Å²) in [6.45, 7) is 2.35. The summed E-state index contributed by atoms with van der Waals surface area (Å²) >= 11 is 7.45. The normalized spacial score (nSPS) is 21.7. The predicted molar refractivity (Wildman–Crippen MR) is 102 cm³/mol. The summed E-state index contributed by atoms with van der Waals surface area (Å²) in [7, 11) is 1.58. The maximum atomic E-state index is 12.5. The van der Waals surface area contributed by atoms with Gasteiger partial charge in [-0.1, -0.05) is 41.6 Å². The number of rotatable bonds is 5. The van der Waals surface area contributed by atoms with E-state index in [2.05, 4.69) is 10.3 Å². The second-order valence-corrected chi connectivity index (χ2v) is 7.34. The quantitative estimate of drug-likeness (QED) is 0.743. The molecule has 1 fully saturated rings. The Labute approximate surface area is 165 Å². The molecule has 1 N–H and O–H groups in total. The third kappa shape index (κ3) is 4.03. The smallest absolute Gasteiger partial charge is 0.325 e. The van der Waals surface area contributed by atoms with Gasteiger partial charge in [0.15, 0.2) is 17.4 Å². The third-order valence-corrected chi connectivity index (χ3v) is 5.59. The number of imide groups is 1. The topological polar surface area (TPSA) is 91.3 Å². The summed E-state index contributed by atoms with van der Waals surface area (Å²) in [4.78, 5) is 43.8. The maximum absolute atomic E-state index is 12.5. The Morgan fingerprint density at radius 2 is 2.11 bits per heavy atom. The molecule has 0 bridgehead atoms. The molecule has 144 valence electrons. The number of carbonyl (C=O) groups is 3. The maximum Gasteiger partial charge on any atom is 0.325 e. The monoisotopic (exact) mass is 410 g/mol. The highest BCUT2D eigenvalue weighted by molar-refractivity contribution is 8.14. The first-order chi connectivity index (χ1) is 12.9. The molecule has 2 unspecified atom stereocenters. The minimum atomic E-state index is -0.686. The molecule has 27 heavy (non-hydrogen) atoms. The molecular formula is C17H19ClN4O4S. The second-order valence-electron chi connectivity index (χ2n) is 5.99. The van der Waals surface area contributed by atoms with Crippen LogP contribution in [0.2, 0.25) is 5.02 Å². The van der Waals surface area contributed by atoms with E-state index < -0.39 is 24.1 Å². The number of thioether (sulfide) groups is 1. The van der Waals surface area contributed by atoms with E-state index in [-0.39, 0.29) is 11.7 Å². The van der Waals surface area contributed by atoms with Crippen molar-refractivity contribution in [1.82, 2.24) is 15.1 Å². The number of halogens is 1. The third-order valence-electron chi connectivity index (χ3n) is 4.25. The lowest BCUT2D eigenvalue weighted by Gasteiger charge is -2.36. The molecule has 1 saturated heterocycles. The van der Waals surface area contributed by atoms with Crippen LogP contribution in [-0.4, -0.2) is 64.5 Å². The van der Waals surface area contributed by atoms with Crippen molar-refractivity contribution in [2.45, 2.75) is 25.7 Å². The fourth-order valence-corrected chi connectivity index (χ4v) is 3.98. The van der Waals surface area contributed by atoms with E-state index in [9.17, 15) is 14.4 Å². The van der Waals surface area contributed by atoms with Gasteiger partial charge in [-0.25, -0.2) is 9.79 Å². The Hall–Kier alpha value is -2.26. The first-order valence-electron chi connectivity index (χ1n) is 8.36. The standard InChI is InChI=1S/C17H19ClN4O4S/c1-3-26-12(23)9-27-17-19-14-13(15(24)20-16(25)21(14)2)22(17)8-10-6-4-5-7-11(10)18/h4-7,13-14H,3,8-9H2,1-2H3,(H,20,24,25). The van der Waals surface area contributed by atoms with Gasteiger partial charge in [-0.15, -0.1) is 0 Å². The molecule has 2 aliphatic heterocycles. The highest BCUT2D eigenvalue weighted by Crippen LogP contribution is 2.31. The van der Waals surface area contributed by atoms with Gasteiger partial charge in [0.2, 0.25) is 0 Å². The Morgan fingerprint density at radius 3 is 2.81 bits per heavy atom.